The number of carboxylic acid groups (broad SMARTS) is 1. The predicted molar refractivity (Wildman–Crippen MR) is 127 cm³/mol. The van der Waals surface area contributed by atoms with Gasteiger partial charge in [-0.3, -0.25) is 9.69 Å². The Bertz CT molecular complexity index is 934. The zero-order valence-electron chi connectivity index (χ0n) is 19.2. The SMILES string of the molecule is CCCNC(=O)c1ccc(N(C)[C@H](CN2CC[C@H](O)C2)c2cccc(OCC(=O)O)c2)cc1. The van der Waals surface area contributed by atoms with Gasteiger partial charge in [-0.2, -0.15) is 0 Å². The lowest BCUT2D eigenvalue weighted by Crippen LogP contribution is -2.36. The number of hydrogen-bond donors (Lipinski definition) is 3. The first-order valence-electron chi connectivity index (χ1n) is 11.3. The van der Waals surface area contributed by atoms with Gasteiger partial charge in [0.15, 0.2) is 6.61 Å². The van der Waals surface area contributed by atoms with Gasteiger partial charge < -0.3 is 25.2 Å². The first-order valence-corrected chi connectivity index (χ1v) is 11.3. The van der Waals surface area contributed by atoms with Crippen molar-refractivity contribution < 1.29 is 24.5 Å². The Morgan fingerprint density at radius 1 is 1.24 bits per heavy atom. The van der Waals surface area contributed by atoms with Crippen LogP contribution >= 0.6 is 0 Å². The third-order valence-electron chi connectivity index (χ3n) is 5.82. The van der Waals surface area contributed by atoms with Gasteiger partial charge in [-0.05, 0) is 54.8 Å². The number of carboxylic acids is 1. The molecule has 0 aromatic heterocycles. The number of anilines is 1. The van der Waals surface area contributed by atoms with E-state index in [0.717, 1.165) is 30.6 Å². The summed E-state index contributed by atoms with van der Waals surface area (Å²) in [7, 11) is 1.99. The van der Waals surface area contributed by atoms with Crippen molar-refractivity contribution in [2.45, 2.75) is 31.9 Å². The van der Waals surface area contributed by atoms with Crippen molar-refractivity contribution in [2.75, 3.05) is 44.7 Å². The van der Waals surface area contributed by atoms with Gasteiger partial charge >= 0.3 is 5.97 Å². The maximum absolute atomic E-state index is 12.2. The fourth-order valence-electron chi connectivity index (χ4n) is 4.00. The number of aliphatic hydroxyl groups is 1. The van der Waals surface area contributed by atoms with E-state index in [1.807, 2.05) is 56.4 Å². The Balaban J connectivity index is 1.82. The largest absolute Gasteiger partial charge is 0.482 e. The Kier molecular flexibility index (Phi) is 8.68. The molecule has 1 aliphatic rings. The Morgan fingerprint density at radius 3 is 2.64 bits per heavy atom. The van der Waals surface area contributed by atoms with E-state index >= 15 is 0 Å². The first kappa shape index (κ1) is 24.5. The van der Waals surface area contributed by atoms with E-state index in [-0.39, 0.29) is 18.1 Å². The number of aliphatic hydroxyl groups excluding tert-OH is 1. The molecule has 33 heavy (non-hydrogen) atoms. The normalized spacial score (nSPS) is 16.9. The second-order valence-electron chi connectivity index (χ2n) is 8.39. The number of β-amino-alcohol motifs (C(OH)–C–C–N with tert-alkyl or cyclic N) is 1. The van der Waals surface area contributed by atoms with Crippen LogP contribution in [0.1, 0.15) is 41.7 Å². The molecule has 2 aromatic carbocycles. The van der Waals surface area contributed by atoms with Crippen molar-refractivity contribution in [1.82, 2.24) is 10.2 Å². The summed E-state index contributed by atoms with van der Waals surface area (Å²) in [5.41, 5.74) is 2.54. The molecule has 1 fully saturated rings. The van der Waals surface area contributed by atoms with Crippen molar-refractivity contribution in [3.05, 3.63) is 59.7 Å². The average molecular weight is 456 g/mol. The van der Waals surface area contributed by atoms with E-state index in [4.69, 9.17) is 9.84 Å². The minimum atomic E-state index is -1.02. The number of aliphatic carboxylic acids is 1. The second-order valence-corrected chi connectivity index (χ2v) is 8.39. The molecule has 2 aromatic rings. The van der Waals surface area contributed by atoms with Crippen LogP contribution in [-0.4, -0.2) is 72.9 Å². The smallest absolute Gasteiger partial charge is 0.341 e. The Labute approximate surface area is 194 Å². The lowest BCUT2D eigenvalue weighted by molar-refractivity contribution is -0.139. The number of rotatable bonds is 11. The highest BCUT2D eigenvalue weighted by atomic mass is 16.5. The van der Waals surface area contributed by atoms with Gasteiger partial charge in [0.25, 0.3) is 5.91 Å². The molecule has 1 saturated heterocycles. The summed E-state index contributed by atoms with van der Waals surface area (Å²) < 4.78 is 5.39. The maximum atomic E-state index is 12.2. The molecular weight excluding hydrogens is 422 g/mol. The molecule has 3 N–H and O–H groups in total. The fourth-order valence-corrected chi connectivity index (χ4v) is 4.00. The van der Waals surface area contributed by atoms with E-state index < -0.39 is 12.6 Å². The highest BCUT2D eigenvalue weighted by Gasteiger charge is 2.26. The number of ether oxygens (including phenoxy) is 1. The van der Waals surface area contributed by atoms with E-state index in [9.17, 15) is 14.7 Å². The average Bonchev–Trinajstić information content (AvgIpc) is 3.24. The minimum absolute atomic E-state index is 0.0663. The van der Waals surface area contributed by atoms with Crippen LogP contribution < -0.4 is 15.0 Å². The van der Waals surface area contributed by atoms with Gasteiger partial charge in [0.2, 0.25) is 0 Å². The molecule has 8 nitrogen and oxygen atoms in total. The van der Waals surface area contributed by atoms with Crippen LogP contribution in [0.5, 0.6) is 5.75 Å². The zero-order valence-corrected chi connectivity index (χ0v) is 19.2. The fraction of sp³-hybridized carbons (Fsp3) is 0.440. The monoisotopic (exact) mass is 455 g/mol. The number of hydrogen-bond acceptors (Lipinski definition) is 6. The van der Waals surface area contributed by atoms with Crippen LogP contribution in [0.4, 0.5) is 5.69 Å². The third-order valence-corrected chi connectivity index (χ3v) is 5.82. The predicted octanol–water partition coefficient (Wildman–Crippen LogP) is 2.53. The van der Waals surface area contributed by atoms with Crippen molar-refractivity contribution in [1.29, 1.82) is 0 Å². The molecule has 178 valence electrons. The molecule has 0 radical (unpaired) electrons. The second kappa shape index (κ2) is 11.7. The topological polar surface area (TPSA) is 102 Å². The molecule has 1 heterocycles. The summed E-state index contributed by atoms with van der Waals surface area (Å²) in [4.78, 5) is 27.5. The summed E-state index contributed by atoms with van der Waals surface area (Å²) in [6, 6.07) is 14.9. The van der Waals surface area contributed by atoms with Crippen molar-refractivity contribution >= 4 is 17.6 Å². The lowest BCUT2D eigenvalue weighted by atomic mass is 10.0. The highest BCUT2D eigenvalue weighted by molar-refractivity contribution is 5.94. The molecule has 0 unspecified atom stereocenters. The van der Waals surface area contributed by atoms with Gasteiger partial charge in [-0.1, -0.05) is 19.1 Å². The molecule has 1 aliphatic heterocycles. The number of carbonyl (C=O) groups excluding carboxylic acids is 1. The van der Waals surface area contributed by atoms with Crippen LogP contribution in [0.2, 0.25) is 0 Å². The standard InChI is InChI=1S/C25H33N3O5/c1-3-12-26-25(32)18-7-9-20(10-8-18)27(2)23(16-28-13-11-21(29)15-28)19-5-4-6-22(14-19)33-17-24(30)31/h4-10,14,21,23,29H,3,11-13,15-17H2,1-2H3,(H,26,32)(H,30,31)/t21-,23+/m0/s1. The minimum Gasteiger partial charge on any atom is -0.482 e. The summed E-state index contributed by atoms with van der Waals surface area (Å²) in [6.07, 6.45) is 1.32. The summed E-state index contributed by atoms with van der Waals surface area (Å²) in [6.45, 7) is 4.38. The van der Waals surface area contributed by atoms with E-state index in [0.29, 0.717) is 30.9 Å². The van der Waals surface area contributed by atoms with E-state index in [1.54, 1.807) is 6.07 Å². The molecule has 8 heteroatoms. The number of nitrogens with one attached hydrogen (secondary N) is 1. The zero-order chi connectivity index (χ0) is 23.8. The van der Waals surface area contributed by atoms with Crippen LogP contribution in [0.25, 0.3) is 0 Å². The molecule has 1 amide bonds. The van der Waals surface area contributed by atoms with Gasteiger partial charge in [0.1, 0.15) is 5.75 Å². The van der Waals surface area contributed by atoms with Crippen LogP contribution in [-0.2, 0) is 4.79 Å². The lowest BCUT2D eigenvalue weighted by Gasteiger charge is -2.34. The van der Waals surface area contributed by atoms with Crippen LogP contribution in [0.15, 0.2) is 48.5 Å². The van der Waals surface area contributed by atoms with Crippen LogP contribution in [0, 0.1) is 0 Å². The number of carbonyl (C=O) groups is 2. The number of nitrogens with zero attached hydrogens (tertiary/aromatic N) is 2. The Morgan fingerprint density at radius 2 is 2.00 bits per heavy atom. The van der Waals surface area contributed by atoms with Gasteiger partial charge in [-0.15, -0.1) is 0 Å². The summed E-state index contributed by atoms with van der Waals surface area (Å²) in [5.74, 6) is -0.613. The quantitative estimate of drug-likeness (QED) is 0.479. The van der Waals surface area contributed by atoms with Crippen molar-refractivity contribution in [3.8, 4) is 5.75 Å². The highest BCUT2D eigenvalue weighted by Crippen LogP contribution is 2.30. The number of likely N-dealkylation sites (N-methyl/N-ethyl adjacent to an activating group) is 1. The Hall–Kier alpha value is -3.10. The van der Waals surface area contributed by atoms with Gasteiger partial charge in [0, 0.05) is 44.5 Å². The number of likely N-dealkylation sites (tertiary alicyclic amines) is 1. The molecule has 0 aliphatic carbocycles. The maximum Gasteiger partial charge on any atom is 0.341 e. The van der Waals surface area contributed by atoms with Gasteiger partial charge in [-0.25, -0.2) is 4.79 Å². The first-order chi connectivity index (χ1) is 15.9. The number of benzene rings is 2. The molecular formula is C25H33N3O5. The third kappa shape index (κ3) is 6.94. The van der Waals surface area contributed by atoms with E-state index in [2.05, 4.69) is 15.1 Å². The van der Waals surface area contributed by atoms with Crippen LogP contribution in [0.3, 0.4) is 0 Å². The summed E-state index contributed by atoms with van der Waals surface area (Å²) in [5, 5.41) is 21.8. The number of amides is 1. The molecule has 2 atom stereocenters. The van der Waals surface area contributed by atoms with Crippen molar-refractivity contribution in [3.63, 3.8) is 0 Å². The summed E-state index contributed by atoms with van der Waals surface area (Å²) >= 11 is 0. The van der Waals surface area contributed by atoms with Crippen molar-refractivity contribution in [2.24, 2.45) is 0 Å². The van der Waals surface area contributed by atoms with E-state index in [1.165, 1.54) is 0 Å². The molecule has 0 bridgehead atoms. The van der Waals surface area contributed by atoms with Gasteiger partial charge in [0.05, 0.1) is 12.1 Å². The molecule has 0 spiro atoms. The molecule has 3 rings (SSSR count). The molecule has 0 saturated carbocycles.